The second kappa shape index (κ2) is 3.84. The van der Waals surface area contributed by atoms with Crippen LogP contribution in [0.1, 0.15) is 39.5 Å². The van der Waals surface area contributed by atoms with Gasteiger partial charge in [0.1, 0.15) is 6.10 Å². The fraction of sp³-hybridized carbons (Fsp3) is 0.615. The lowest BCUT2D eigenvalue weighted by Crippen LogP contribution is -2.30. The predicted molar refractivity (Wildman–Crippen MR) is 59.4 cm³/mol. The van der Waals surface area contributed by atoms with Crippen LogP contribution >= 0.6 is 0 Å². The van der Waals surface area contributed by atoms with Gasteiger partial charge in [0.25, 0.3) is 0 Å². The summed E-state index contributed by atoms with van der Waals surface area (Å²) in [5.41, 5.74) is 1.68. The second-order valence-corrected chi connectivity index (χ2v) is 4.81. The Morgan fingerprint density at radius 1 is 1.53 bits per heavy atom. The molecule has 0 radical (unpaired) electrons. The Morgan fingerprint density at radius 2 is 2.33 bits per heavy atom. The maximum Gasteiger partial charge on any atom is 0.303 e. The van der Waals surface area contributed by atoms with Crippen LogP contribution in [0.2, 0.25) is 0 Å². The molecule has 0 fully saturated rings. The van der Waals surface area contributed by atoms with Crippen molar-refractivity contribution in [2.24, 2.45) is 5.41 Å². The maximum absolute atomic E-state index is 10.9. The van der Waals surface area contributed by atoms with Crippen LogP contribution in [-0.2, 0) is 9.53 Å². The normalized spacial score (nSPS) is 34.3. The molecule has 0 unspecified atom stereocenters. The van der Waals surface area contributed by atoms with Gasteiger partial charge < -0.3 is 4.74 Å². The van der Waals surface area contributed by atoms with E-state index >= 15 is 0 Å². The Labute approximate surface area is 91.0 Å². The van der Waals surface area contributed by atoms with Crippen molar-refractivity contribution in [1.29, 1.82) is 0 Å². The molecule has 0 spiro atoms. The number of ether oxygens (including phenoxy) is 1. The van der Waals surface area contributed by atoms with Crippen molar-refractivity contribution in [2.75, 3.05) is 0 Å². The molecule has 2 atom stereocenters. The lowest BCUT2D eigenvalue weighted by Gasteiger charge is -2.38. The van der Waals surface area contributed by atoms with Crippen LogP contribution in [0, 0.1) is 5.41 Å². The molecule has 0 aromatic heterocycles. The van der Waals surface area contributed by atoms with E-state index in [4.69, 9.17) is 4.74 Å². The lowest BCUT2D eigenvalue weighted by molar-refractivity contribution is -0.144. The van der Waals surface area contributed by atoms with E-state index in [1.807, 2.05) is 0 Å². The third kappa shape index (κ3) is 2.14. The van der Waals surface area contributed by atoms with Crippen LogP contribution in [0.3, 0.4) is 0 Å². The average molecular weight is 206 g/mol. The minimum atomic E-state index is -0.180. The Morgan fingerprint density at radius 3 is 3.07 bits per heavy atom. The second-order valence-electron chi connectivity index (χ2n) is 4.81. The third-order valence-electron chi connectivity index (χ3n) is 3.52. The molecule has 2 aliphatic carbocycles. The number of carbonyl (C=O) groups is 1. The van der Waals surface area contributed by atoms with Gasteiger partial charge in [-0.05, 0) is 42.7 Å². The fourth-order valence-corrected chi connectivity index (χ4v) is 2.53. The zero-order valence-corrected chi connectivity index (χ0v) is 9.45. The first-order chi connectivity index (χ1) is 7.10. The van der Waals surface area contributed by atoms with Gasteiger partial charge in [-0.1, -0.05) is 19.1 Å². The first-order valence-electron chi connectivity index (χ1n) is 5.66. The van der Waals surface area contributed by atoms with Crippen LogP contribution in [0.15, 0.2) is 23.8 Å². The van der Waals surface area contributed by atoms with Crippen molar-refractivity contribution in [3.63, 3.8) is 0 Å². The van der Waals surface area contributed by atoms with E-state index in [2.05, 4.69) is 25.2 Å². The lowest BCUT2D eigenvalue weighted by atomic mass is 9.68. The highest BCUT2D eigenvalue weighted by Gasteiger charge is 2.34. The molecular formula is C13H18O2. The van der Waals surface area contributed by atoms with Gasteiger partial charge >= 0.3 is 5.97 Å². The van der Waals surface area contributed by atoms with Crippen LogP contribution in [0.5, 0.6) is 0 Å². The number of rotatable bonds is 1. The van der Waals surface area contributed by atoms with E-state index in [1.165, 1.54) is 25.3 Å². The minimum absolute atomic E-state index is 0.00618. The molecule has 2 aliphatic rings. The summed E-state index contributed by atoms with van der Waals surface area (Å²) in [5.74, 6) is -0.180. The van der Waals surface area contributed by atoms with Crippen molar-refractivity contribution in [3.05, 3.63) is 23.8 Å². The summed E-state index contributed by atoms with van der Waals surface area (Å²) in [6.45, 7) is 3.79. The molecule has 2 heteroatoms. The number of allylic oxidation sites excluding steroid dienone is 3. The van der Waals surface area contributed by atoms with Gasteiger partial charge in [-0.25, -0.2) is 0 Å². The van der Waals surface area contributed by atoms with Crippen molar-refractivity contribution in [1.82, 2.24) is 0 Å². The summed E-state index contributed by atoms with van der Waals surface area (Å²) in [7, 11) is 0. The minimum Gasteiger partial charge on any atom is -0.458 e. The van der Waals surface area contributed by atoms with E-state index in [-0.39, 0.29) is 12.1 Å². The first kappa shape index (κ1) is 10.5. The molecule has 0 saturated carbocycles. The molecule has 0 aromatic rings. The monoisotopic (exact) mass is 206 g/mol. The van der Waals surface area contributed by atoms with Gasteiger partial charge in [0.05, 0.1) is 0 Å². The average Bonchev–Trinajstić information content (AvgIpc) is 2.17. The molecule has 2 rings (SSSR count). The summed E-state index contributed by atoms with van der Waals surface area (Å²) in [6, 6.07) is 0. The first-order valence-corrected chi connectivity index (χ1v) is 5.66. The van der Waals surface area contributed by atoms with Gasteiger partial charge in [-0.3, -0.25) is 4.79 Å². The summed E-state index contributed by atoms with van der Waals surface area (Å²) in [4.78, 5) is 10.9. The fourth-order valence-electron chi connectivity index (χ4n) is 2.53. The molecular weight excluding hydrogens is 188 g/mol. The quantitative estimate of drug-likeness (QED) is 0.616. The smallest absolute Gasteiger partial charge is 0.303 e. The SMILES string of the molecule is CC(=O)O[C@H]1C=C2C=CCC[C@]2(C)CC1. The molecule has 2 nitrogen and oxygen atoms in total. The van der Waals surface area contributed by atoms with Crippen molar-refractivity contribution in [3.8, 4) is 0 Å². The maximum atomic E-state index is 10.9. The van der Waals surface area contributed by atoms with E-state index in [9.17, 15) is 4.79 Å². The highest BCUT2D eigenvalue weighted by atomic mass is 16.5. The van der Waals surface area contributed by atoms with Crippen LogP contribution in [0.25, 0.3) is 0 Å². The summed E-state index contributed by atoms with van der Waals surface area (Å²) < 4.78 is 5.24. The number of carbonyl (C=O) groups excluding carboxylic acids is 1. The molecule has 0 saturated heterocycles. The topological polar surface area (TPSA) is 26.3 Å². The van der Waals surface area contributed by atoms with Gasteiger partial charge in [-0.15, -0.1) is 0 Å². The molecule has 0 amide bonds. The van der Waals surface area contributed by atoms with Gasteiger partial charge in [-0.2, -0.15) is 0 Å². The van der Waals surface area contributed by atoms with E-state index in [0.29, 0.717) is 5.41 Å². The molecule has 0 bridgehead atoms. The van der Waals surface area contributed by atoms with E-state index in [0.717, 1.165) is 12.8 Å². The predicted octanol–water partition coefficient (Wildman–Crippen LogP) is 2.99. The van der Waals surface area contributed by atoms with E-state index in [1.54, 1.807) is 0 Å². The van der Waals surface area contributed by atoms with Crippen molar-refractivity contribution in [2.45, 2.75) is 45.6 Å². The van der Waals surface area contributed by atoms with Gasteiger partial charge in [0.2, 0.25) is 0 Å². The summed E-state index contributed by atoms with van der Waals surface area (Å²) >= 11 is 0. The number of hydrogen-bond donors (Lipinski definition) is 0. The zero-order chi connectivity index (χ0) is 10.9. The van der Waals surface area contributed by atoms with Gasteiger partial charge in [0, 0.05) is 6.92 Å². The summed E-state index contributed by atoms with van der Waals surface area (Å²) in [6.07, 6.45) is 11.0. The Hall–Kier alpha value is -1.05. The van der Waals surface area contributed by atoms with Crippen LogP contribution in [-0.4, -0.2) is 12.1 Å². The molecule has 0 heterocycles. The van der Waals surface area contributed by atoms with Crippen LogP contribution < -0.4 is 0 Å². The third-order valence-corrected chi connectivity index (χ3v) is 3.52. The highest BCUT2D eigenvalue weighted by molar-refractivity contribution is 5.66. The number of hydrogen-bond acceptors (Lipinski definition) is 2. The van der Waals surface area contributed by atoms with Crippen molar-refractivity contribution < 1.29 is 9.53 Å². The number of fused-ring (bicyclic) bond motifs is 1. The Balaban J connectivity index is 2.17. The number of esters is 1. The molecule has 0 aliphatic heterocycles. The Bertz CT molecular complexity index is 327. The molecule has 0 aromatic carbocycles. The summed E-state index contributed by atoms with van der Waals surface area (Å²) in [5, 5.41) is 0. The molecule has 0 N–H and O–H groups in total. The van der Waals surface area contributed by atoms with Gasteiger partial charge in [0.15, 0.2) is 0 Å². The largest absolute Gasteiger partial charge is 0.458 e. The Kier molecular flexibility index (Phi) is 2.68. The standard InChI is InChI=1S/C13H18O2/c1-10(14)15-12-6-8-13(2)7-4-3-5-11(13)9-12/h3,5,9,12H,4,6-8H2,1-2H3/t12-,13-/m1/s1. The zero-order valence-electron chi connectivity index (χ0n) is 9.45. The van der Waals surface area contributed by atoms with Crippen molar-refractivity contribution >= 4 is 5.97 Å². The molecule has 15 heavy (non-hydrogen) atoms. The highest BCUT2D eigenvalue weighted by Crippen LogP contribution is 2.44. The van der Waals surface area contributed by atoms with E-state index < -0.39 is 0 Å². The van der Waals surface area contributed by atoms with Crippen LogP contribution in [0.4, 0.5) is 0 Å². The molecule has 82 valence electrons.